The zero-order valence-electron chi connectivity index (χ0n) is 12.9. The topological polar surface area (TPSA) is 54.9 Å². The quantitative estimate of drug-likeness (QED) is 0.779. The highest BCUT2D eigenvalue weighted by Gasteiger charge is 2.27. The lowest BCUT2D eigenvalue weighted by Gasteiger charge is -2.19. The number of carbonyl (C=O) groups is 1. The molecule has 3 rings (SSSR count). The summed E-state index contributed by atoms with van der Waals surface area (Å²) in [5.74, 6) is 0.0778. The minimum absolute atomic E-state index is 0.0778. The molecule has 23 heavy (non-hydrogen) atoms. The van der Waals surface area contributed by atoms with Crippen LogP contribution in [0.2, 0.25) is 0 Å². The Balaban J connectivity index is 1.76. The predicted octanol–water partition coefficient (Wildman–Crippen LogP) is 4.15. The third-order valence-electron chi connectivity index (χ3n) is 3.83. The van der Waals surface area contributed by atoms with Crippen LogP contribution in [0.25, 0.3) is 0 Å². The molecule has 7 heteroatoms. The maximum atomic E-state index is 12.8. The first-order valence-electron chi connectivity index (χ1n) is 7.66. The van der Waals surface area contributed by atoms with Crippen LogP contribution in [0.15, 0.2) is 39.8 Å². The Morgan fingerprint density at radius 1 is 1.30 bits per heavy atom. The smallest absolute Gasteiger partial charge is 0.238 e. The number of aromatic nitrogens is 2. The van der Waals surface area contributed by atoms with Gasteiger partial charge >= 0.3 is 0 Å². The predicted molar refractivity (Wildman–Crippen MR) is 97.1 cm³/mol. The highest BCUT2D eigenvalue weighted by Crippen LogP contribution is 2.37. The summed E-state index contributed by atoms with van der Waals surface area (Å²) in [6, 6.07) is 10.2. The summed E-state index contributed by atoms with van der Waals surface area (Å²) in [7, 11) is 0. The van der Waals surface area contributed by atoms with Crippen LogP contribution in [-0.4, -0.2) is 27.6 Å². The fraction of sp³-hybridized carbons (Fsp3) is 0.438. The van der Waals surface area contributed by atoms with E-state index in [-0.39, 0.29) is 11.2 Å². The number of nitrogens with one attached hydrogen (secondary N) is 1. The van der Waals surface area contributed by atoms with Crippen molar-refractivity contribution >= 4 is 41.0 Å². The van der Waals surface area contributed by atoms with Gasteiger partial charge in [-0.3, -0.25) is 4.79 Å². The minimum atomic E-state index is -0.278. The molecular weight excluding hydrogens is 346 g/mol. The van der Waals surface area contributed by atoms with E-state index in [4.69, 9.17) is 0 Å². The number of thioether (sulfide) groups is 2. The average molecular weight is 366 g/mol. The Bertz CT molecular complexity index is 641. The third-order valence-corrected chi connectivity index (χ3v) is 6.53. The van der Waals surface area contributed by atoms with Crippen LogP contribution in [0.1, 0.15) is 36.5 Å². The van der Waals surface area contributed by atoms with Crippen LogP contribution in [0.5, 0.6) is 0 Å². The van der Waals surface area contributed by atoms with E-state index in [9.17, 15) is 4.79 Å². The zero-order chi connectivity index (χ0) is 16.1. The van der Waals surface area contributed by atoms with E-state index in [1.54, 1.807) is 0 Å². The molecule has 0 bridgehead atoms. The Hall–Kier alpha value is -1.05. The summed E-state index contributed by atoms with van der Waals surface area (Å²) in [6.07, 6.45) is 6.56. The van der Waals surface area contributed by atoms with E-state index in [1.807, 2.05) is 36.6 Å². The lowest BCUT2D eigenvalue weighted by atomic mass is 10.1. The van der Waals surface area contributed by atoms with E-state index in [1.165, 1.54) is 47.9 Å². The van der Waals surface area contributed by atoms with Crippen molar-refractivity contribution in [3.05, 3.63) is 35.9 Å². The molecule has 0 aliphatic heterocycles. The Morgan fingerprint density at radius 2 is 2.04 bits per heavy atom. The van der Waals surface area contributed by atoms with Gasteiger partial charge in [0, 0.05) is 6.04 Å². The molecule has 0 radical (unpaired) electrons. The van der Waals surface area contributed by atoms with E-state index >= 15 is 0 Å². The Kier molecular flexibility index (Phi) is 5.96. The van der Waals surface area contributed by atoms with Gasteiger partial charge < -0.3 is 5.32 Å². The summed E-state index contributed by atoms with van der Waals surface area (Å²) in [5, 5.41) is 3.70. The van der Waals surface area contributed by atoms with Gasteiger partial charge in [-0.2, -0.15) is 4.37 Å². The van der Waals surface area contributed by atoms with Gasteiger partial charge in [0.05, 0.1) is 0 Å². The van der Waals surface area contributed by atoms with Gasteiger partial charge in [0.25, 0.3) is 0 Å². The summed E-state index contributed by atoms with van der Waals surface area (Å²) in [6.45, 7) is 0. The molecule has 4 nitrogen and oxygen atoms in total. The van der Waals surface area contributed by atoms with Crippen LogP contribution in [-0.2, 0) is 4.79 Å². The molecule has 1 saturated carbocycles. The van der Waals surface area contributed by atoms with Gasteiger partial charge in [-0.05, 0) is 36.2 Å². The molecule has 0 saturated heterocycles. The first-order chi connectivity index (χ1) is 11.3. The minimum Gasteiger partial charge on any atom is -0.352 e. The highest BCUT2D eigenvalue weighted by atomic mass is 32.2. The summed E-state index contributed by atoms with van der Waals surface area (Å²) >= 11 is 4.37. The zero-order valence-corrected chi connectivity index (χ0v) is 15.3. The van der Waals surface area contributed by atoms with Crippen molar-refractivity contribution in [1.82, 2.24) is 14.7 Å². The largest absolute Gasteiger partial charge is 0.352 e. The normalized spacial score (nSPS) is 16.4. The molecule has 2 aromatic rings. The highest BCUT2D eigenvalue weighted by molar-refractivity contribution is 8.02. The fourth-order valence-electron chi connectivity index (χ4n) is 2.68. The second kappa shape index (κ2) is 8.17. The van der Waals surface area contributed by atoms with Crippen LogP contribution < -0.4 is 5.32 Å². The van der Waals surface area contributed by atoms with Crippen molar-refractivity contribution in [2.24, 2.45) is 0 Å². The number of benzene rings is 1. The Labute approximate surface area is 149 Å². The van der Waals surface area contributed by atoms with E-state index in [2.05, 4.69) is 14.7 Å². The molecule has 1 fully saturated rings. The van der Waals surface area contributed by atoms with Crippen LogP contribution >= 0.6 is 35.1 Å². The van der Waals surface area contributed by atoms with Gasteiger partial charge in [-0.15, -0.1) is 0 Å². The number of hydrogen-bond acceptors (Lipinski definition) is 6. The molecule has 1 amide bonds. The molecule has 1 aliphatic carbocycles. The van der Waals surface area contributed by atoms with Crippen molar-refractivity contribution in [3.63, 3.8) is 0 Å². The second-order valence-electron chi connectivity index (χ2n) is 5.45. The molecule has 1 aromatic heterocycles. The lowest BCUT2D eigenvalue weighted by Crippen LogP contribution is -2.35. The summed E-state index contributed by atoms with van der Waals surface area (Å²) < 4.78 is 5.12. The third kappa shape index (κ3) is 4.49. The molecular formula is C16H19N3OS3. The van der Waals surface area contributed by atoms with Crippen molar-refractivity contribution < 1.29 is 4.79 Å². The van der Waals surface area contributed by atoms with Gasteiger partial charge in [0.2, 0.25) is 11.1 Å². The van der Waals surface area contributed by atoms with E-state index < -0.39 is 0 Å². The van der Waals surface area contributed by atoms with Crippen molar-refractivity contribution in [2.75, 3.05) is 6.26 Å². The molecule has 1 atom stereocenters. The van der Waals surface area contributed by atoms with Crippen molar-refractivity contribution in [2.45, 2.75) is 46.5 Å². The lowest BCUT2D eigenvalue weighted by molar-refractivity contribution is -0.121. The SMILES string of the molecule is CSc1nsc(S[C@H](C(=O)NC2CCCC2)c2ccccc2)n1. The van der Waals surface area contributed by atoms with Crippen molar-refractivity contribution in [1.29, 1.82) is 0 Å². The molecule has 0 unspecified atom stereocenters. The summed E-state index contributed by atoms with van der Waals surface area (Å²) in [4.78, 5) is 17.3. The number of nitrogens with zero attached hydrogens (tertiary/aromatic N) is 2. The average Bonchev–Trinajstić information content (AvgIpc) is 3.24. The van der Waals surface area contributed by atoms with Crippen molar-refractivity contribution in [3.8, 4) is 0 Å². The van der Waals surface area contributed by atoms with Crippen LogP contribution in [0.3, 0.4) is 0 Å². The van der Waals surface area contributed by atoms with Gasteiger partial charge in [-0.1, -0.05) is 66.7 Å². The Morgan fingerprint density at radius 3 is 2.70 bits per heavy atom. The maximum Gasteiger partial charge on any atom is 0.238 e. The van der Waals surface area contributed by atoms with E-state index in [0.29, 0.717) is 6.04 Å². The number of amides is 1. The van der Waals surface area contributed by atoms with Crippen LogP contribution in [0, 0.1) is 0 Å². The standard InChI is InChI=1S/C16H19N3OS3/c1-21-15-18-16(23-19-15)22-13(11-7-3-2-4-8-11)14(20)17-12-9-5-6-10-12/h2-4,7-8,12-13H,5-6,9-10H2,1H3,(H,17,20)/t13-/m0/s1. The first kappa shape index (κ1) is 16.8. The van der Waals surface area contributed by atoms with E-state index in [0.717, 1.165) is 27.9 Å². The molecule has 1 N–H and O–H groups in total. The molecule has 1 aromatic carbocycles. The van der Waals surface area contributed by atoms with Gasteiger partial charge in [-0.25, -0.2) is 4.98 Å². The molecule has 1 heterocycles. The van der Waals surface area contributed by atoms with Gasteiger partial charge in [0.1, 0.15) is 5.25 Å². The number of hydrogen-bond donors (Lipinski definition) is 1. The second-order valence-corrected chi connectivity index (χ2v) is 8.32. The van der Waals surface area contributed by atoms with Crippen LogP contribution in [0.4, 0.5) is 0 Å². The first-order valence-corrected chi connectivity index (χ1v) is 10.5. The maximum absolute atomic E-state index is 12.8. The fourth-order valence-corrected chi connectivity index (χ4v) is 5.09. The molecule has 0 spiro atoms. The number of rotatable bonds is 6. The van der Waals surface area contributed by atoms with Gasteiger partial charge in [0.15, 0.2) is 4.34 Å². The monoisotopic (exact) mass is 365 g/mol. The molecule has 1 aliphatic rings. The molecule has 122 valence electrons. The summed E-state index contributed by atoms with van der Waals surface area (Å²) in [5.41, 5.74) is 1.01. The number of carbonyl (C=O) groups excluding carboxylic acids is 1.